The molecule has 15 heteroatoms. The summed E-state index contributed by atoms with van der Waals surface area (Å²) < 4.78 is 0. The van der Waals surface area contributed by atoms with Gasteiger partial charge in [-0.05, 0) is 119 Å². The Bertz CT molecular complexity index is 2100. The molecule has 0 N–H and O–H groups in total. The van der Waals surface area contributed by atoms with Crippen LogP contribution >= 0.6 is 0 Å². The molecule has 0 unspecified atom stereocenters. The third kappa shape index (κ3) is 25.6. The normalized spacial score (nSPS) is 20.1. The molecule has 0 spiro atoms. The van der Waals surface area contributed by atoms with E-state index in [0.717, 1.165) is 51.4 Å². The number of amides is 4. The first kappa shape index (κ1) is 72.1. The monoisotopic (exact) mass is 1120 g/mol. The van der Waals surface area contributed by atoms with Crippen molar-refractivity contribution in [3.05, 3.63) is 79.9 Å². The second-order valence-corrected chi connectivity index (χ2v) is 37.2. The summed E-state index contributed by atoms with van der Waals surface area (Å²) in [5.74, 6) is -0.00105. The summed E-state index contributed by atoms with van der Waals surface area (Å²) in [5.41, 5.74) is 2.44. The largest absolute Gasteiger partial charge is 0.294 e. The SMILES string of the molecule is CC(C)(C)C.CC(C)(C)C.CC(C)(C)C.CC(C)(C)[Si](C)(C(C)(C)C)C(C)(C)C.O=C(c1ccc([N+](=O)[O-])cc1)C1CCC(CN2C(=O)CCC2=O)CC1.O=C(c1ccc([N+](=O)[O-])cc1)C1CCC(CN2C(=O)CCC2=O)CC1. The standard InChI is InChI=1S/2C18H20N2O5.C13H30Si.3C5H12/c2*21-16-9-10-17(22)19(16)11-12-1-3-13(4-2-12)18(23)14-5-7-15(8-6-14)20(24)25;1-11(2,3)14(10,12(4,5)6)13(7,8)9;3*1-5(2,3)4/h2*5-8,12-13H,1-4,9-11H2;1-10H3;3*1-4H3. The molecule has 2 aromatic carbocycles. The maximum Gasteiger partial charge on any atom is 0.269 e. The van der Waals surface area contributed by atoms with Crippen molar-refractivity contribution in [2.75, 3.05) is 13.1 Å². The van der Waals surface area contributed by atoms with Crippen LogP contribution in [0.15, 0.2) is 48.5 Å². The highest BCUT2D eigenvalue weighted by Crippen LogP contribution is 2.61. The molecule has 2 heterocycles. The van der Waals surface area contributed by atoms with E-state index < -0.39 is 17.9 Å². The van der Waals surface area contributed by atoms with Gasteiger partial charge in [0.1, 0.15) is 0 Å². The van der Waals surface area contributed by atoms with Gasteiger partial charge < -0.3 is 0 Å². The van der Waals surface area contributed by atoms with E-state index in [2.05, 4.69) is 152 Å². The minimum absolute atomic E-state index is 0.0154. The van der Waals surface area contributed by atoms with E-state index in [0.29, 0.717) is 81.3 Å². The van der Waals surface area contributed by atoms with Crippen molar-refractivity contribution in [2.24, 2.45) is 39.9 Å². The smallest absolute Gasteiger partial charge is 0.269 e. The number of nitro groups is 2. The van der Waals surface area contributed by atoms with Crippen LogP contribution in [-0.4, -0.2) is 76.0 Å². The number of non-ortho nitro benzene ring substituents is 2. The van der Waals surface area contributed by atoms with Crippen molar-refractivity contribution in [1.29, 1.82) is 0 Å². The zero-order chi connectivity index (χ0) is 61.4. The van der Waals surface area contributed by atoms with Crippen molar-refractivity contribution in [3.8, 4) is 0 Å². The van der Waals surface area contributed by atoms with E-state index in [1.54, 1.807) is 0 Å². The number of ketones is 2. The van der Waals surface area contributed by atoms with Crippen LogP contribution in [0.25, 0.3) is 0 Å². The lowest BCUT2D eigenvalue weighted by Gasteiger charge is -2.57. The third-order valence-electron chi connectivity index (χ3n) is 14.9. The van der Waals surface area contributed by atoms with E-state index in [-0.39, 0.29) is 70.2 Å². The summed E-state index contributed by atoms with van der Waals surface area (Å²) in [6.07, 6.45) is 7.35. The van der Waals surface area contributed by atoms with Gasteiger partial charge in [-0.3, -0.25) is 58.8 Å². The fourth-order valence-corrected chi connectivity index (χ4v) is 17.5. The number of rotatable bonds is 10. The summed E-state index contributed by atoms with van der Waals surface area (Å²) in [6.45, 7) is 51.6. The average molecular weight is 1120 g/mol. The van der Waals surface area contributed by atoms with Crippen LogP contribution in [0.1, 0.15) is 243 Å². The molecule has 4 amide bonds. The number of carbonyl (C=O) groups is 6. The predicted molar refractivity (Wildman–Crippen MR) is 324 cm³/mol. The number of nitrogens with zero attached hydrogens (tertiary/aromatic N) is 4. The van der Waals surface area contributed by atoms with Crippen LogP contribution in [0.5, 0.6) is 0 Å². The Morgan fingerprint density at radius 3 is 0.797 bits per heavy atom. The molecule has 2 saturated heterocycles. The first-order valence-corrected chi connectivity index (χ1v) is 31.4. The molecule has 14 nitrogen and oxygen atoms in total. The Morgan fingerprint density at radius 1 is 0.430 bits per heavy atom. The number of carbonyl (C=O) groups excluding carboxylic acids is 6. The number of hydrogen-bond donors (Lipinski definition) is 0. The summed E-state index contributed by atoms with van der Waals surface area (Å²) >= 11 is 0. The number of Topliss-reactive ketones (excluding diaryl/α,β-unsaturated/α-hetero) is 2. The number of nitro benzene ring substituents is 2. The molecule has 2 aromatic rings. The molecule has 0 bridgehead atoms. The molecule has 0 radical (unpaired) electrons. The fourth-order valence-electron chi connectivity index (χ4n) is 10.7. The van der Waals surface area contributed by atoms with Crippen molar-refractivity contribution in [2.45, 2.75) is 244 Å². The van der Waals surface area contributed by atoms with Gasteiger partial charge in [-0.1, -0.05) is 152 Å². The number of likely N-dealkylation sites (tertiary alicyclic amines) is 2. The minimum Gasteiger partial charge on any atom is -0.294 e. The fraction of sp³-hybridized carbons (Fsp3) is 0.719. The van der Waals surface area contributed by atoms with Gasteiger partial charge in [0.2, 0.25) is 23.6 Å². The Balaban J connectivity index is 0.000000538. The minimum atomic E-state index is -1.35. The zero-order valence-electron chi connectivity index (χ0n) is 53.2. The van der Waals surface area contributed by atoms with Gasteiger partial charge in [0.15, 0.2) is 11.6 Å². The molecule has 0 aromatic heterocycles. The molecule has 2 saturated carbocycles. The first-order chi connectivity index (χ1) is 35.7. The number of hydrogen-bond acceptors (Lipinski definition) is 10. The molecule has 0 atom stereocenters. The maximum atomic E-state index is 12.5. The quantitative estimate of drug-likeness (QED) is 0.0726. The van der Waals surface area contributed by atoms with Gasteiger partial charge >= 0.3 is 0 Å². The van der Waals surface area contributed by atoms with Crippen LogP contribution in [-0.2, 0) is 19.2 Å². The third-order valence-corrected chi connectivity index (χ3v) is 23.9. The summed E-state index contributed by atoms with van der Waals surface area (Å²) in [5, 5.41) is 22.7. The molecule has 4 fully saturated rings. The van der Waals surface area contributed by atoms with Gasteiger partial charge in [0.25, 0.3) is 11.4 Å². The molecular formula is C64H106N4O10Si. The molecule has 6 rings (SSSR count). The van der Waals surface area contributed by atoms with Gasteiger partial charge in [-0.25, -0.2) is 0 Å². The van der Waals surface area contributed by atoms with Crippen molar-refractivity contribution in [3.63, 3.8) is 0 Å². The topological polar surface area (TPSA) is 195 Å². The van der Waals surface area contributed by atoms with Gasteiger partial charge in [0.05, 0.1) is 17.9 Å². The summed E-state index contributed by atoms with van der Waals surface area (Å²) in [6, 6.07) is 11.4. The molecule has 2 aliphatic heterocycles. The second-order valence-electron chi connectivity index (χ2n) is 30.4. The Hall–Kier alpha value is -4.92. The maximum absolute atomic E-state index is 12.5. The van der Waals surface area contributed by atoms with E-state index in [1.807, 2.05) is 0 Å². The molecule has 4 aliphatic rings. The van der Waals surface area contributed by atoms with Crippen LogP contribution < -0.4 is 0 Å². The number of imide groups is 2. The van der Waals surface area contributed by atoms with Crippen molar-refractivity contribution >= 4 is 54.6 Å². The molecule has 446 valence electrons. The highest BCUT2D eigenvalue weighted by Gasteiger charge is 2.55. The molecule has 2 aliphatic carbocycles. The Labute approximate surface area is 478 Å². The lowest BCUT2D eigenvalue weighted by Crippen LogP contribution is -2.55. The van der Waals surface area contributed by atoms with E-state index in [9.17, 15) is 49.0 Å². The molecule has 79 heavy (non-hydrogen) atoms. The van der Waals surface area contributed by atoms with E-state index in [4.69, 9.17) is 0 Å². The summed E-state index contributed by atoms with van der Waals surface area (Å²) in [7, 11) is -1.35. The molecular weight excluding hydrogens is 1010 g/mol. The Kier molecular flexibility index (Phi) is 27.1. The average Bonchev–Trinajstić information content (AvgIpc) is 3.79. The highest BCUT2D eigenvalue weighted by molar-refractivity contribution is 6.86. The zero-order valence-corrected chi connectivity index (χ0v) is 54.2. The second kappa shape index (κ2) is 29.7. The predicted octanol–water partition coefficient (Wildman–Crippen LogP) is 17.1. The van der Waals surface area contributed by atoms with Crippen LogP contribution in [0.4, 0.5) is 11.4 Å². The summed E-state index contributed by atoms with van der Waals surface area (Å²) in [4.78, 5) is 95.0. The van der Waals surface area contributed by atoms with Crippen molar-refractivity contribution < 1.29 is 38.6 Å². The van der Waals surface area contributed by atoms with E-state index >= 15 is 0 Å². The number of benzene rings is 2. The van der Waals surface area contributed by atoms with Gasteiger partial charge in [0, 0.05) is 86.0 Å². The van der Waals surface area contributed by atoms with Gasteiger partial charge in [-0.2, -0.15) is 0 Å². The van der Waals surface area contributed by atoms with Crippen molar-refractivity contribution in [1.82, 2.24) is 9.80 Å². The lowest BCUT2D eigenvalue weighted by molar-refractivity contribution is -0.385. The van der Waals surface area contributed by atoms with E-state index in [1.165, 1.54) is 58.3 Å². The van der Waals surface area contributed by atoms with Crippen LogP contribution in [0.3, 0.4) is 0 Å². The Morgan fingerprint density at radius 2 is 0.633 bits per heavy atom. The van der Waals surface area contributed by atoms with Crippen LogP contribution in [0, 0.1) is 60.1 Å². The first-order valence-electron chi connectivity index (χ1n) is 28.9. The van der Waals surface area contributed by atoms with Gasteiger partial charge in [-0.15, -0.1) is 0 Å². The highest BCUT2D eigenvalue weighted by atomic mass is 28.3. The lowest BCUT2D eigenvalue weighted by atomic mass is 9.78. The van der Waals surface area contributed by atoms with Crippen LogP contribution in [0.2, 0.25) is 21.7 Å².